The molecule has 0 amide bonds. The van der Waals surface area contributed by atoms with Crippen LogP contribution < -0.4 is 11.1 Å². The highest BCUT2D eigenvalue weighted by atomic mass is 15.3. The van der Waals surface area contributed by atoms with Gasteiger partial charge in [0.05, 0.1) is 17.9 Å². The third kappa shape index (κ3) is 3.55. The molecule has 23 heavy (non-hydrogen) atoms. The van der Waals surface area contributed by atoms with E-state index in [4.69, 9.17) is 5.73 Å². The first-order valence-electron chi connectivity index (χ1n) is 8.37. The number of aromatic nitrogens is 2. The summed E-state index contributed by atoms with van der Waals surface area (Å²) in [6.07, 6.45) is 5.69. The van der Waals surface area contributed by atoms with Crippen LogP contribution in [0.2, 0.25) is 0 Å². The zero-order chi connectivity index (χ0) is 16.2. The summed E-state index contributed by atoms with van der Waals surface area (Å²) >= 11 is 0. The topological polar surface area (TPSA) is 68.2 Å². The molecule has 1 aromatic carbocycles. The first-order chi connectivity index (χ1) is 11.2. The molecule has 1 aliphatic rings. The normalized spacial score (nSPS) is 14.6. The van der Waals surface area contributed by atoms with Crippen molar-refractivity contribution in [1.82, 2.24) is 9.78 Å². The largest absolute Gasteiger partial charge is 0.370 e. The summed E-state index contributed by atoms with van der Waals surface area (Å²) in [4.78, 5) is 4.51. The van der Waals surface area contributed by atoms with Gasteiger partial charge in [0.15, 0.2) is 5.96 Å². The number of nitrogens with zero attached hydrogens (tertiary/aromatic N) is 3. The third-order valence-electron chi connectivity index (χ3n) is 4.46. The standard InChI is InChI=1S/C18H25N5/c1-3-13-7-6-8-14(11-13)21-18(19)20-12-17-15-9-4-5-10-16(15)22-23(17)2/h6-8,11H,3-5,9-10,12H2,1-2H3,(H3,19,20,21). The van der Waals surface area contributed by atoms with Crippen molar-refractivity contribution in [3.8, 4) is 0 Å². The van der Waals surface area contributed by atoms with Gasteiger partial charge in [-0.2, -0.15) is 5.10 Å². The van der Waals surface area contributed by atoms with Gasteiger partial charge >= 0.3 is 0 Å². The monoisotopic (exact) mass is 311 g/mol. The van der Waals surface area contributed by atoms with Crippen molar-refractivity contribution in [2.75, 3.05) is 5.32 Å². The van der Waals surface area contributed by atoms with E-state index < -0.39 is 0 Å². The Morgan fingerprint density at radius 3 is 3.00 bits per heavy atom. The smallest absolute Gasteiger partial charge is 0.193 e. The van der Waals surface area contributed by atoms with Gasteiger partial charge in [0.2, 0.25) is 0 Å². The van der Waals surface area contributed by atoms with Gasteiger partial charge < -0.3 is 11.1 Å². The van der Waals surface area contributed by atoms with Crippen LogP contribution in [0.3, 0.4) is 0 Å². The van der Waals surface area contributed by atoms with Crippen molar-refractivity contribution in [3.05, 3.63) is 46.8 Å². The third-order valence-corrected chi connectivity index (χ3v) is 4.46. The molecule has 5 heteroatoms. The Morgan fingerprint density at radius 1 is 1.35 bits per heavy atom. The molecule has 0 radical (unpaired) electrons. The Hall–Kier alpha value is -2.30. The van der Waals surface area contributed by atoms with Crippen LogP contribution in [0.15, 0.2) is 29.3 Å². The number of hydrogen-bond acceptors (Lipinski definition) is 2. The molecule has 122 valence electrons. The second kappa shape index (κ2) is 6.86. The molecule has 3 rings (SSSR count). The molecular formula is C18H25N5. The van der Waals surface area contributed by atoms with Gasteiger partial charge in [-0.25, -0.2) is 4.99 Å². The Labute approximate surface area is 137 Å². The second-order valence-corrected chi connectivity index (χ2v) is 6.08. The summed E-state index contributed by atoms with van der Waals surface area (Å²) in [5.41, 5.74) is 12.1. The number of benzene rings is 1. The van der Waals surface area contributed by atoms with Gasteiger partial charge in [-0.05, 0) is 55.4 Å². The second-order valence-electron chi connectivity index (χ2n) is 6.08. The van der Waals surface area contributed by atoms with Crippen molar-refractivity contribution < 1.29 is 0 Å². The van der Waals surface area contributed by atoms with E-state index in [1.165, 1.54) is 35.4 Å². The maximum Gasteiger partial charge on any atom is 0.193 e. The van der Waals surface area contributed by atoms with Crippen molar-refractivity contribution >= 4 is 11.6 Å². The highest BCUT2D eigenvalue weighted by Crippen LogP contribution is 2.24. The lowest BCUT2D eigenvalue weighted by Crippen LogP contribution is -2.23. The van der Waals surface area contributed by atoms with Gasteiger partial charge in [-0.3, -0.25) is 4.68 Å². The number of aryl methyl sites for hydroxylation is 3. The minimum atomic E-state index is 0.448. The number of nitrogens with one attached hydrogen (secondary N) is 1. The van der Waals surface area contributed by atoms with E-state index in [2.05, 4.69) is 34.5 Å². The number of nitrogens with two attached hydrogens (primary N) is 1. The van der Waals surface area contributed by atoms with Crippen molar-refractivity contribution in [1.29, 1.82) is 0 Å². The van der Waals surface area contributed by atoms with E-state index in [1.807, 2.05) is 23.9 Å². The van der Waals surface area contributed by atoms with Crippen molar-refractivity contribution in [2.45, 2.75) is 45.6 Å². The van der Waals surface area contributed by atoms with Crippen molar-refractivity contribution in [2.24, 2.45) is 17.8 Å². The molecule has 0 unspecified atom stereocenters. The van der Waals surface area contributed by atoms with Gasteiger partial charge in [0.25, 0.3) is 0 Å². The number of aliphatic imine (C=N–C) groups is 1. The molecule has 0 aliphatic heterocycles. The minimum absolute atomic E-state index is 0.448. The fraction of sp³-hybridized carbons (Fsp3) is 0.444. The van der Waals surface area contributed by atoms with E-state index in [0.717, 1.165) is 24.9 Å². The zero-order valence-electron chi connectivity index (χ0n) is 14.0. The Bertz CT molecular complexity index is 714. The maximum absolute atomic E-state index is 6.05. The van der Waals surface area contributed by atoms with Gasteiger partial charge in [-0.15, -0.1) is 0 Å². The van der Waals surface area contributed by atoms with Gasteiger partial charge in [-0.1, -0.05) is 19.1 Å². The average Bonchev–Trinajstić information content (AvgIpc) is 2.88. The molecule has 1 aliphatic carbocycles. The lowest BCUT2D eigenvalue weighted by atomic mass is 9.96. The quantitative estimate of drug-likeness (QED) is 0.674. The Kier molecular flexibility index (Phi) is 4.65. The summed E-state index contributed by atoms with van der Waals surface area (Å²) in [5.74, 6) is 0.448. The summed E-state index contributed by atoms with van der Waals surface area (Å²) in [6.45, 7) is 2.72. The first-order valence-corrected chi connectivity index (χ1v) is 8.37. The molecule has 5 nitrogen and oxygen atoms in total. The van der Waals surface area contributed by atoms with Crippen LogP contribution in [0, 0.1) is 0 Å². The van der Waals surface area contributed by atoms with Crippen LogP contribution >= 0.6 is 0 Å². The van der Waals surface area contributed by atoms with Gasteiger partial charge in [0.1, 0.15) is 0 Å². The highest BCUT2D eigenvalue weighted by Gasteiger charge is 2.18. The summed E-state index contributed by atoms with van der Waals surface area (Å²) in [7, 11) is 2.00. The number of anilines is 1. The SMILES string of the molecule is CCc1cccc(NC(N)=NCc2c3c(nn2C)CCCC3)c1. The van der Waals surface area contributed by atoms with Crippen LogP contribution in [0.25, 0.3) is 0 Å². The number of rotatable bonds is 4. The average molecular weight is 311 g/mol. The Balaban J connectivity index is 1.71. The van der Waals surface area contributed by atoms with Crippen LogP contribution in [-0.2, 0) is 32.9 Å². The predicted octanol–water partition coefficient (Wildman–Crippen LogP) is 2.79. The molecule has 1 heterocycles. The molecule has 0 saturated heterocycles. The van der Waals surface area contributed by atoms with E-state index in [0.29, 0.717) is 12.5 Å². The van der Waals surface area contributed by atoms with E-state index in [9.17, 15) is 0 Å². The molecular weight excluding hydrogens is 286 g/mol. The van der Waals surface area contributed by atoms with Crippen LogP contribution in [0.5, 0.6) is 0 Å². The number of hydrogen-bond donors (Lipinski definition) is 2. The van der Waals surface area contributed by atoms with Crippen molar-refractivity contribution in [3.63, 3.8) is 0 Å². The first kappa shape index (κ1) is 15.6. The predicted molar refractivity (Wildman–Crippen MR) is 94.6 cm³/mol. The molecule has 0 atom stereocenters. The summed E-state index contributed by atoms with van der Waals surface area (Å²) in [6, 6.07) is 8.26. The molecule has 0 saturated carbocycles. The van der Waals surface area contributed by atoms with E-state index in [1.54, 1.807) is 0 Å². The van der Waals surface area contributed by atoms with Crippen LogP contribution in [0.1, 0.15) is 42.3 Å². The number of guanidine groups is 1. The lowest BCUT2D eigenvalue weighted by Gasteiger charge is -2.11. The summed E-state index contributed by atoms with van der Waals surface area (Å²) < 4.78 is 1.96. The van der Waals surface area contributed by atoms with Crippen LogP contribution in [-0.4, -0.2) is 15.7 Å². The molecule has 1 aromatic heterocycles. The fourth-order valence-corrected chi connectivity index (χ4v) is 3.16. The highest BCUT2D eigenvalue weighted by molar-refractivity contribution is 5.92. The lowest BCUT2D eigenvalue weighted by molar-refractivity contribution is 0.663. The fourth-order valence-electron chi connectivity index (χ4n) is 3.16. The minimum Gasteiger partial charge on any atom is -0.370 e. The molecule has 0 bridgehead atoms. The van der Waals surface area contributed by atoms with Gasteiger partial charge in [0, 0.05) is 12.7 Å². The molecule has 2 aromatic rings. The van der Waals surface area contributed by atoms with Crippen LogP contribution in [0.4, 0.5) is 5.69 Å². The molecule has 0 spiro atoms. The van der Waals surface area contributed by atoms with E-state index >= 15 is 0 Å². The van der Waals surface area contributed by atoms with E-state index in [-0.39, 0.29) is 0 Å². The molecule has 0 fully saturated rings. The Morgan fingerprint density at radius 2 is 2.17 bits per heavy atom. The maximum atomic E-state index is 6.05. The number of fused-ring (bicyclic) bond motifs is 1. The zero-order valence-corrected chi connectivity index (χ0v) is 14.0. The molecule has 3 N–H and O–H groups in total. The summed E-state index contributed by atoms with van der Waals surface area (Å²) in [5, 5.41) is 7.80.